The number of halogens is 1. The van der Waals surface area contributed by atoms with Crippen LogP contribution in [0.15, 0.2) is 36.9 Å². The lowest BCUT2D eigenvalue weighted by Gasteiger charge is -2.01. The number of aromatic amines is 1. The summed E-state index contributed by atoms with van der Waals surface area (Å²) >= 11 is 6.28. The molecule has 84 valence electrons. The highest BCUT2D eigenvalue weighted by atomic mass is 35.5. The molecule has 0 aliphatic carbocycles. The van der Waals surface area contributed by atoms with Crippen LogP contribution >= 0.6 is 11.6 Å². The maximum atomic E-state index is 6.28. The normalized spacial score (nSPS) is 10.8. The van der Waals surface area contributed by atoms with Crippen molar-refractivity contribution in [1.29, 1.82) is 0 Å². The third-order valence-corrected chi connectivity index (χ3v) is 2.97. The summed E-state index contributed by atoms with van der Waals surface area (Å²) in [4.78, 5) is 3.32. The molecule has 0 amide bonds. The van der Waals surface area contributed by atoms with Crippen molar-refractivity contribution < 1.29 is 0 Å². The number of H-pyrrole nitrogens is 1. The Kier molecular flexibility index (Phi) is 3.65. The minimum Gasteiger partial charge on any atom is -0.356 e. The van der Waals surface area contributed by atoms with Crippen LogP contribution in [0, 0.1) is 0 Å². The zero-order valence-corrected chi connectivity index (χ0v) is 9.85. The van der Waals surface area contributed by atoms with Gasteiger partial charge in [0, 0.05) is 23.1 Å². The zero-order chi connectivity index (χ0) is 11.4. The van der Waals surface area contributed by atoms with E-state index < -0.39 is 0 Å². The fourth-order valence-electron chi connectivity index (χ4n) is 1.70. The van der Waals surface area contributed by atoms with Gasteiger partial charge in [0.05, 0.1) is 5.02 Å². The van der Waals surface area contributed by atoms with Crippen LogP contribution in [0.1, 0.15) is 12.1 Å². The molecule has 0 spiro atoms. The molecule has 0 bridgehead atoms. The van der Waals surface area contributed by atoms with Gasteiger partial charge in [-0.15, -0.1) is 6.58 Å². The molecule has 0 fully saturated rings. The van der Waals surface area contributed by atoms with Crippen molar-refractivity contribution in [2.24, 2.45) is 0 Å². The van der Waals surface area contributed by atoms with Gasteiger partial charge in [-0.25, -0.2) is 0 Å². The molecule has 1 heterocycles. The third kappa shape index (κ3) is 2.29. The Morgan fingerprint density at radius 3 is 2.94 bits per heavy atom. The first kappa shape index (κ1) is 11.2. The number of nitrogens with one attached hydrogen (secondary N) is 2. The van der Waals surface area contributed by atoms with Gasteiger partial charge in [0.15, 0.2) is 0 Å². The van der Waals surface area contributed by atoms with Gasteiger partial charge in [-0.3, -0.25) is 0 Å². The predicted molar refractivity (Wildman–Crippen MR) is 69.8 cm³/mol. The first-order chi connectivity index (χ1) is 7.83. The fraction of sp³-hybridized carbons (Fsp3) is 0.231. The lowest BCUT2D eigenvalue weighted by molar-refractivity contribution is 0.687. The molecule has 16 heavy (non-hydrogen) atoms. The van der Waals surface area contributed by atoms with Gasteiger partial charge in [0.2, 0.25) is 0 Å². The summed E-state index contributed by atoms with van der Waals surface area (Å²) in [7, 11) is 0. The number of para-hydroxylation sites is 1. The average Bonchev–Trinajstić information content (AvgIpc) is 2.63. The molecule has 0 aliphatic rings. The van der Waals surface area contributed by atoms with E-state index in [2.05, 4.69) is 16.9 Å². The van der Waals surface area contributed by atoms with Gasteiger partial charge < -0.3 is 10.3 Å². The Labute approximate surface area is 100 Å². The summed E-state index contributed by atoms with van der Waals surface area (Å²) < 4.78 is 0. The smallest absolute Gasteiger partial charge is 0.0705 e. The van der Waals surface area contributed by atoms with Crippen molar-refractivity contribution in [3.05, 3.63) is 47.6 Å². The highest BCUT2D eigenvalue weighted by Crippen LogP contribution is 2.26. The van der Waals surface area contributed by atoms with Crippen LogP contribution in [0.2, 0.25) is 5.02 Å². The second kappa shape index (κ2) is 5.19. The van der Waals surface area contributed by atoms with E-state index in [-0.39, 0.29) is 0 Å². The van der Waals surface area contributed by atoms with E-state index >= 15 is 0 Å². The summed E-state index contributed by atoms with van der Waals surface area (Å²) in [5, 5.41) is 5.23. The molecule has 2 nitrogen and oxygen atoms in total. The Hall–Kier alpha value is -1.25. The Balaban J connectivity index is 2.12. The number of hydrogen-bond donors (Lipinski definition) is 2. The highest BCUT2D eigenvalue weighted by Gasteiger charge is 2.07. The molecule has 2 rings (SSSR count). The molecule has 0 atom stereocenters. The topological polar surface area (TPSA) is 27.8 Å². The Morgan fingerprint density at radius 1 is 1.38 bits per heavy atom. The minimum absolute atomic E-state index is 0.765. The number of fused-ring (bicyclic) bond motifs is 1. The molecule has 0 saturated heterocycles. The summed E-state index contributed by atoms with van der Waals surface area (Å²) in [5.41, 5.74) is 2.14. The first-order valence-electron chi connectivity index (χ1n) is 5.39. The highest BCUT2D eigenvalue weighted by molar-refractivity contribution is 6.36. The first-order valence-corrected chi connectivity index (χ1v) is 5.77. The van der Waals surface area contributed by atoms with Crippen LogP contribution in [0.5, 0.6) is 0 Å². The SMILES string of the molecule is C=CCCNCc1[nH]c2ccccc2c1Cl. The molecule has 3 heteroatoms. The molecular formula is C13H15ClN2. The molecular weight excluding hydrogens is 220 g/mol. The van der Waals surface area contributed by atoms with Gasteiger partial charge in [0.1, 0.15) is 0 Å². The molecule has 0 aliphatic heterocycles. The van der Waals surface area contributed by atoms with E-state index in [0.29, 0.717) is 0 Å². The van der Waals surface area contributed by atoms with Crippen LogP contribution < -0.4 is 5.32 Å². The van der Waals surface area contributed by atoms with Gasteiger partial charge in [-0.2, -0.15) is 0 Å². The van der Waals surface area contributed by atoms with Gasteiger partial charge in [-0.1, -0.05) is 35.9 Å². The molecule has 0 radical (unpaired) electrons. The minimum atomic E-state index is 0.765. The van der Waals surface area contributed by atoms with Crippen LogP contribution in [0.4, 0.5) is 0 Å². The number of rotatable bonds is 5. The van der Waals surface area contributed by atoms with Gasteiger partial charge in [0.25, 0.3) is 0 Å². The monoisotopic (exact) mass is 234 g/mol. The lowest BCUT2D eigenvalue weighted by atomic mass is 10.2. The second-order valence-electron chi connectivity index (χ2n) is 3.72. The lowest BCUT2D eigenvalue weighted by Crippen LogP contribution is -2.14. The van der Waals surface area contributed by atoms with E-state index in [1.54, 1.807) is 0 Å². The Morgan fingerprint density at radius 2 is 2.19 bits per heavy atom. The van der Waals surface area contributed by atoms with E-state index in [4.69, 9.17) is 11.6 Å². The molecule has 0 saturated carbocycles. The summed E-state index contributed by atoms with van der Waals surface area (Å²) in [5.74, 6) is 0. The largest absolute Gasteiger partial charge is 0.356 e. The van der Waals surface area contributed by atoms with Crippen LogP contribution in [-0.2, 0) is 6.54 Å². The van der Waals surface area contributed by atoms with Crippen molar-refractivity contribution in [3.63, 3.8) is 0 Å². The molecule has 1 aromatic heterocycles. The average molecular weight is 235 g/mol. The van der Waals surface area contributed by atoms with E-state index in [9.17, 15) is 0 Å². The number of aromatic nitrogens is 1. The molecule has 1 aromatic carbocycles. The standard InChI is InChI=1S/C13H15ClN2/c1-2-3-8-15-9-12-13(14)10-6-4-5-7-11(10)16-12/h2,4-7,15-16H,1,3,8-9H2. The van der Waals surface area contributed by atoms with Crippen molar-refractivity contribution in [3.8, 4) is 0 Å². The van der Waals surface area contributed by atoms with E-state index in [1.807, 2.05) is 30.3 Å². The van der Waals surface area contributed by atoms with E-state index in [0.717, 1.165) is 41.1 Å². The van der Waals surface area contributed by atoms with Crippen LogP contribution in [0.3, 0.4) is 0 Å². The van der Waals surface area contributed by atoms with Crippen molar-refractivity contribution in [1.82, 2.24) is 10.3 Å². The zero-order valence-electron chi connectivity index (χ0n) is 9.09. The second-order valence-corrected chi connectivity index (χ2v) is 4.10. The number of benzene rings is 1. The molecule has 0 unspecified atom stereocenters. The molecule has 2 N–H and O–H groups in total. The third-order valence-electron chi connectivity index (χ3n) is 2.54. The number of hydrogen-bond acceptors (Lipinski definition) is 1. The molecule has 2 aromatic rings. The van der Waals surface area contributed by atoms with Crippen molar-refractivity contribution >= 4 is 22.5 Å². The summed E-state index contributed by atoms with van der Waals surface area (Å²) in [6.07, 6.45) is 2.87. The van der Waals surface area contributed by atoms with Crippen molar-refractivity contribution in [2.45, 2.75) is 13.0 Å². The Bertz CT molecular complexity index is 488. The van der Waals surface area contributed by atoms with Gasteiger partial charge >= 0.3 is 0 Å². The summed E-state index contributed by atoms with van der Waals surface area (Å²) in [6.45, 7) is 5.37. The quantitative estimate of drug-likeness (QED) is 0.602. The summed E-state index contributed by atoms with van der Waals surface area (Å²) in [6, 6.07) is 8.07. The predicted octanol–water partition coefficient (Wildman–Crippen LogP) is 3.49. The maximum Gasteiger partial charge on any atom is 0.0705 e. The fourth-order valence-corrected chi connectivity index (χ4v) is 1.98. The van der Waals surface area contributed by atoms with Crippen LogP contribution in [0.25, 0.3) is 10.9 Å². The maximum absolute atomic E-state index is 6.28. The van der Waals surface area contributed by atoms with Crippen molar-refractivity contribution in [2.75, 3.05) is 6.54 Å². The van der Waals surface area contributed by atoms with Gasteiger partial charge in [-0.05, 0) is 19.0 Å². The van der Waals surface area contributed by atoms with E-state index in [1.165, 1.54) is 0 Å². The van der Waals surface area contributed by atoms with Crippen LogP contribution in [-0.4, -0.2) is 11.5 Å².